The van der Waals surface area contributed by atoms with Gasteiger partial charge in [0.25, 0.3) is 0 Å². The lowest BCUT2D eigenvalue weighted by atomic mass is 9.96. The van der Waals surface area contributed by atoms with Gasteiger partial charge in [0.15, 0.2) is 0 Å². The maximum absolute atomic E-state index is 5.55. The summed E-state index contributed by atoms with van der Waals surface area (Å²) in [5.41, 5.74) is 2.69. The van der Waals surface area contributed by atoms with Crippen molar-refractivity contribution in [2.24, 2.45) is 10.8 Å². The molecule has 1 aliphatic carbocycles. The number of aliphatic imine (C=N–C) groups is 1. The minimum absolute atomic E-state index is 0.239. The number of hydrazine groups is 1. The normalized spacial score (nSPS) is 19.6. The molecule has 5 heteroatoms. The van der Waals surface area contributed by atoms with Crippen LogP contribution in [-0.2, 0) is 0 Å². The second kappa shape index (κ2) is 6.75. The third kappa shape index (κ3) is 3.71. The zero-order valence-corrected chi connectivity index (χ0v) is 11.7. The molecule has 1 aromatic heterocycles. The van der Waals surface area contributed by atoms with Crippen molar-refractivity contribution in [3.8, 4) is 0 Å². The molecule has 1 saturated carbocycles. The maximum Gasteiger partial charge on any atom is 0.206 e. The Morgan fingerprint density at radius 3 is 2.83 bits per heavy atom. The highest BCUT2D eigenvalue weighted by atomic mass is 32.1. The zero-order valence-electron chi connectivity index (χ0n) is 10.9. The van der Waals surface area contributed by atoms with Crippen molar-refractivity contribution in [2.45, 2.75) is 51.1 Å². The van der Waals surface area contributed by atoms with Gasteiger partial charge in [-0.3, -0.25) is 5.43 Å². The fourth-order valence-electron chi connectivity index (χ4n) is 2.32. The van der Waals surface area contributed by atoms with Crippen LogP contribution in [0, 0.1) is 0 Å². The van der Waals surface area contributed by atoms with Crippen LogP contribution in [-0.4, -0.2) is 12.0 Å². The summed E-state index contributed by atoms with van der Waals surface area (Å²) in [5, 5.41) is 5.43. The van der Waals surface area contributed by atoms with E-state index in [1.54, 1.807) is 11.3 Å². The van der Waals surface area contributed by atoms with Crippen LogP contribution in [0.4, 0.5) is 0 Å². The topological polar surface area (TPSA) is 62.4 Å². The van der Waals surface area contributed by atoms with Crippen LogP contribution in [0.1, 0.15) is 49.9 Å². The number of thiophene rings is 1. The van der Waals surface area contributed by atoms with E-state index in [-0.39, 0.29) is 6.04 Å². The molecule has 0 aromatic carbocycles. The van der Waals surface area contributed by atoms with Gasteiger partial charge < -0.3 is 5.32 Å². The lowest BCUT2D eigenvalue weighted by Crippen LogP contribution is -2.43. The SMILES string of the molecule is CC(NC(=NC1CCCCC1)NN)c1cccs1. The van der Waals surface area contributed by atoms with Crippen LogP contribution < -0.4 is 16.6 Å². The molecule has 1 atom stereocenters. The van der Waals surface area contributed by atoms with Gasteiger partial charge in [0.1, 0.15) is 0 Å². The van der Waals surface area contributed by atoms with Crippen molar-refractivity contribution in [2.75, 3.05) is 0 Å². The summed E-state index contributed by atoms with van der Waals surface area (Å²) in [6.07, 6.45) is 6.27. The molecule has 0 saturated heterocycles. The molecule has 2 rings (SSSR count). The van der Waals surface area contributed by atoms with Crippen LogP contribution in [0.2, 0.25) is 0 Å². The molecular formula is C13H22N4S. The Kier molecular flexibility index (Phi) is 5.01. The number of nitrogens with two attached hydrogens (primary N) is 1. The Morgan fingerprint density at radius 2 is 2.22 bits per heavy atom. The minimum Gasteiger partial charge on any atom is -0.348 e. The van der Waals surface area contributed by atoms with Gasteiger partial charge in [0.2, 0.25) is 5.96 Å². The molecule has 1 heterocycles. The molecule has 1 aromatic rings. The van der Waals surface area contributed by atoms with Gasteiger partial charge in [-0.25, -0.2) is 10.8 Å². The lowest BCUT2D eigenvalue weighted by Gasteiger charge is -2.21. The first-order valence-electron chi connectivity index (χ1n) is 6.64. The third-order valence-corrected chi connectivity index (χ3v) is 4.40. The van der Waals surface area contributed by atoms with Gasteiger partial charge in [-0.05, 0) is 31.2 Å². The van der Waals surface area contributed by atoms with Gasteiger partial charge in [0, 0.05) is 4.88 Å². The highest BCUT2D eigenvalue weighted by Crippen LogP contribution is 2.21. The van der Waals surface area contributed by atoms with Crippen molar-refractivity contribution in [3.05, 3.63) is 22.4 Å². The van der Waals surface area contributed by atoms with E-state index in [1.165, 1.54) is 37.0 Å². The molecule has 0 bridgehead atoms. The van der Waals surface area contributed by atoms with Crippen molar-refractivity contribution in [3.63, 3.8) is 0 Å². The van der Waals surface area contributed by atoms with Gasteiger partial charge in [0.05, 0.1) is 12.1 Å². The molecule has 4 N–H and O–H groups in total. The van der Waals surface area contributed by atoms with E-state index in [2.05, 4.69) is 40.2 Å². The van der Waals surface area contributed by atoms with Gasteiger partial charge in [-0.15, -0.1) is 11.3 Å². The first kappa shape index (κ1) is 13.4. The molecule has 0 radical (unpaired) electrons. The number of nitrogens with zero attached hydrogens (tertiary/aromatic N) is 1. The Hall–Kier alpha value is -1.07. The molecular weight excluding hydrogens is 244 g/mol. The summed E-state index contributed by atoms with van der Waals surface area (Å²) < 4.78 is 0. The number of nitrogens with one attached hydrogen (secondary N) is 2. The van der Waals surface area contributed by atoms with Gasteiger partial charge >= 0.3 is 0 Å². The molecule has 1 aliphatic rings. The summed E-state index contributed by atoms with van der Waals surface area (Å²) in [4.78, 5) is 5.97. The predicted molar refractivity (Wildman–Crippen MR) is 77.5 cm³/mol. The summed E-state index contributed by atoms with van der Waals surface area (Å²) >= 11 is 1.74. The Labute approximate surface area is 113 Å². The lowest BCUT2D eigenvalue weighted by molar-refractivity contribution is 0.440. The van der Waals surface area contributed by atoms with Crippen molar-refractivity contribution < 1.29 is 0 Å². The number of hydrogen-bond donors (Lipinski definition) is 3. The third-order valence-electron chi connectivity index (χ3n) is 3.35. The van der Waals surface area contributed by atoms with E-state index in [0.717, 1.165) is 0 Å². The zero-order chi connectivity index (χ0) is 12.8. The highest BCUT2D eigenvalue weighted by molar-refractivity contribution is 7.10. The standard InChI is InChI=1S/C13H22N4S/c1-10(12-8-5-9-18-12)15-13(17-14)16-11-6-3-2-4-7-11/h5,8-11H,2-4,6-7,14H2,1H3,(H2,15,16,17). The first-order valence-corrected chi connectivity index (χ1v) is 7.52. The average molecular weight is 266 g/mol. The van der Waals surface area contributed by atoms with Crippen LogP contribution in [0.3, 0.4) is 0 Å². The van der Waals surface area contributed by atoms with Crippen LogP contribution in [0.15, 0.2) is 22.5 Å². The fraction of sp³-hybridized carbons (Fsp3) is 0.615. The number of rotatable bonds is 3. The van der Waals surface area contributed by atoms with E-state index in [4.69, 9.17) is 5.84 Å². The monoisotopic (exact) mass is 266 g/mol. The Balaban J connectivity index is 1.93. The summed E-state index contributed by atoms with van der Waals surface area (Å²) in [6.45, 7) is 2.12. The van der Waals surface area contributed by atoms with Gasteiger partial charge in [-0.1, -0.05) is 25.3 Å². The average Bonchev–Trinajstić information content (AvgIpc) is 2.93. The van der Waals surface area contributed by atoms with E-state index in [1.807, 2.05) is 0 Å². The fourth-order valence-corrected chi connectivity index (χ4v) is 3.06. The predicted octanol–water partition coefficient (Wildman–Crippen LogP) is 2.55. The van der Waals surface area contributed by atoms with Crippen LogP contribution in [0.25, 0.3) is 0 Å². The number of hydrogen-bond acceptors (Lipinski definition) is 3. The summed E-state index contributed by atoms with van der Waals surface area (Å²) in [5.74, 6) is 6.26. The van der Waals surface area contributed by atoms with Crippen molar-refractivity contribution >= 4 is 17.3 Å². The molecule has 0 aliphatic heterocycles. The maximum atomic E-state index is 5.55. The number of guanidine groups is 1. The van der Waals surface area contributed by atoms with Gasteiger partial charge in [-0.2, -0.15) is 0 Å². The minimum atomic E-state index is 0.239. The second-order valence-corrected chi connectivity index (χ2v) is 5.77. The van der Waals surface area contributed by atoms with E-state index in [9.17, 15) is 0 Å². The summed E-state index contributed by atoms with van der Waals surface area (Å²) in [7, 11) is 0. The molecule has 0 amide bonds. The molecule has 100 valence electrons. The van der Waals surface area contributed by atoms with Crippen molar-refractivity contribution in [1.82, 2.24) is 10.7 Å². The molecule has 0 spiro atoms. The largest absolute Gasteiger partial charge is 0.348 e. The highest BCUT2D eigenvalue weighted by Gasteiger charge is 2.14. The van der Waals surface area contributed by atoms with Crippen molar-refractivity contribution in [1.29, 1.82) is 0 Å². The van der Waals surface area contributed by atoms with E-state index >= 15 is 0 Å². The van der Waals surface area contributed by atoms with E-state index < -0.39 is 0 Å². The molecule has 18 heavy (non-hydrogen) atoms. The van der Waals surface area contributed by atoms with Crippen LogP contribution >= 0.6 is 11.3 Å². The molecule has 1 fully saturated rings. The Bertz CT molecular complexity index is 368. The first-order chi connectivity index (χ1) is 8.79. The molecule has 1 unspecified atom stereocenters. The Morgan fingerprint density at radius 1 is 1.44 bits per heavy atom. The smallest absolute Gasteiger partial charge is 0.206 e. The molecule has 4 nitrogen and oxygen atoms in total. The van der Waals surface area contributed by atoms with E-state index in [0.29, 0.717) is 12.0 Å². The second-order valence-electron chi connectivity index (χ2n) is 4.80. The summed E-state index contributed by atoms with van der Waals surface area (Å²) in [6, 6.07) is 4.85. The quantitative estimate of drug-likeness (QED) is 0.341. The van der Waals surface area contributed by atoms with Crippen LogP contribution in [0.5, 0.6) is 0 Å².